The zero-order valence-corrected chi connectivity index (χ0v) is 9.36. The van der Waals surface area contributed by atoms with Crippen molar-refractivity contribution in [1.82, 2.24) is 0 Å². The molecule has 2 nitrogen and oxygen atoms in total. The summed E-state index contributed by atoms with van der Waals surface area (Å²) in [5.41, 5.74) is 5.50. The molecule has 0 fully saturated rings. The van der Waals surface area contributed by atoms with Crippen LogP contribution in [0.5, 0.6) is 5.75 Å². The number of alkyl halides is 2. The molecule has 0 spiro atoms. The number of nitrogens with two attached hydrogens (primary N) is 1. The Kier molecular flexibility index (Phi) is 5.33. The molecule has 0 bridgehead atoms. The van der Waals surface area contributed by atoms with Gasteiger partial charge in [0.1, 0.15) is 5.75 Å². The Morgan fingerprint density at radius 3 is 2.36 bits per heavy atom. The first kappa shape index (κ1) is 13.6. The second-order valence-electron chi connectivity index (χ2n) is 2.57. The molecule has 1 aromatic carbocycles. The first-order valence-corrected chi connectivity index (χ1v) is 4.34. The summed E-state index contributed by atoms with van der Waals surface area (Å²) in [7, 11) is 0. The van der Waals surface area contributed by atoms with Crippen molar-refractivity contribution in [2.75, 3.05) is 0 Å². The Morgan fingerprint density at radius 1 is 1.36 bits per heavy atom. The van der Waals surface area contributed by atoms with Crippen LogP contribution in [0.4, 0.5) is 8.78 Å². The van der Waals surface area contributed by atoms with Gasteiger partial charge in [0.05, 0.1) is 10.5 Å². The van der Waals surface area contributed by atoms with E-state index in [9.17, 15) is 8.78 Å². The molecule has 6 heteroatoms. The zero-order chi connectivity index (χ0) is 10.0. The minimum atomic E-state index is -2.60. The lowest BCUT2D eigenvalue weighted by molar-refractivity contribution is 0.116. The number of aromatic hydroxyl groups is 1. The van der Waals surface area contributed by atoms with Gasteiger partial charge >= 0.3 is 0 Å². The highest BCUT2D eigenvalue weighted by atomic mass is 79.9. The van der Waals surface area contributed by atoms with Crippen molar-refractivity contribution < 1.29 is 13.9 Å². The minimum Gasteiger partial charge on any atom is -0.507 e. The van der Waals surface area contributed by atoms with Gasteiger partial charge in [0.25, 0.3) is 6.43 Å². The maximum atomic E-state index is 12.1. The number of rotatable bonds is 2. The highest BCUT2D eigenvalue weighted by Gasteiger charge is 2.17. The molecular formula is C8H9BrClF2NO. The quantitative estimate of drug-likeness (QED) is 0.879. The fourth-order valence-corrected chi connectivity index (χ4v) is 1.27. The molecule has 0 saturated carbocycles. The van der Waals surface area contributed by atoms with Gasteiger partial charge in [-0.2, -0.15) is 0 Å². The Bertz CT molecular complexity index is 311. The Labute approximate surface area is 94.6 Å². The molecule has 0 aliphatic heterocycles. The number of hydrogen-bond acceptors (Lipinski definition) is 2. The zero-order valence-electron chi connectivity index (χ0n) is 6.95. The van der Waals surface area contributed by atoms with Crippen molar-refractivity contribution in [2.45, 2.75) is 12.5 Å². The summed E-state index contributed by atoms with van der Waals surface area (Å²) < 4.78 is 24.6. The summed E-state index contributed by atoms with van der Waals surface area (Å²) in [5, 5.41) is 9.09. The van der Waals surface area contributed by atoms with Crippen LogP contribution in [0.1, 0.15) is 11.6 Å². The summed E-state index contributed by atoms with van der Waals surface area (Å²) in [5.74, 6) is 0.00483. The van der Waals surface area contributed by atoms with E-state index >= 15 is 0 Å². The van der Waals surface area contributed by atoms with E-state index in [0.717, 1.165) is 0 Å². The third-order valence-electron chi connectivity index (χ3n) is 1.63. The molecule has 0 amide bonds. The molecule has 0 unspecified atom stereocenters. The summed E-state index contributed by atoms with van der Waals surface area (Å²) in [6.45, 7) is 0. The smallest absolute Gasteiger partial charge is 0.257 e. The van der Waals surface area contributed by atoms with E-state index in [1.165, 1.54) is 18.2 Å². The van der Waals surface area contributed by atoms with Crippen LogP contribution in [0, 0.1) is 0 Å². The molecule has 0 saturated heterocycles. The van der Waals surface area contributed by atoms with Crippen LogP contribution in [-0.2, 0) is 0 Å². The van der Waals surface area contributed by atoms with Crippen molar-refractivity contribution in [3.63, 3.8) is 0 Å². The van der Waals surface area contributed by atoms with Crippen molar-refractivity contribution in [3.05, 3.63) is 28.2 Å². The van der Waals surface area contributed by atoms with Gasteiger partial charge in [0, 0.05) is 0 Å². The van der Waals surface area contributed by atoms with E-state index in [0.29, 0.717) is 10.0 Å². The van der Waals surface area contributed by atoms with Gasteiger partial charge in [-0.25, -0.2) is 8.78 Å². The number of phenolic OH excluding ortho intramolecular Hbond substituents is 1. The van der Waals surface area contributed by atoms with E-state index in [2.05, 4.69) is 15.9 Å². The predicted molar refractivity (Wildman–Crippen MR) is 56.0 cm³/mol. The van der Waals surface area contributed by atoms with E-state index in [-0.39, 0.29) is 18.2 Å². The van der Waals surface area contributed by atoms with E-state index in [1.807, 2.05) is 0 Å². The van der Waals surface area contributed by atoms with E-state index < -0.39 is 12.5 Å². The standard InChI is InChI=1S/C8H8BrF2NO.ClH/c9-5-3-4(1-2-6(5)13)7(12)8(10)11;/h1-3,7-8,13H,12H2;1H/t7-;/m0./s1. The molecule has 1 aromatic rings. The second kappa shape index (κ2) is 5.48. The van der Waals surface area contributed by atoms with Crippen LogP contribution in [0.3, 0.4) is 0 Å². The highest BCUT2D eigenvalue weighted by molar-refractivity contribution is 9.10. The monoisotopic (exact) mass is 287 g/mol. The summed E-state index contributed by atoms with van der Waals surface area (Å²) in [6, 6.07) is 2.77. The molecule has 3 N–H and O–H groups in total. The van der Waals surface area contributed by atoms with Crippen molar-refractivity contribution in [2.24, 2.45) is 5.73 Å². The number of phenols is 1. The number of benzene rings is 1. The Hall–Kier alpha value is -0.390. The van der Waals surface area contributed by atoms with Gasteiger partial charge in [-0.15, -0.1) is 12.4 Å². The fourth-order valence-electron chi connectivity index (χ4n) is 0.876. The number of hydrogen-bond donors (Lipinski definition) is 2. The van der Waals surface area contributed by atoms with Gasteiger partial charge in [-0.3, -0.25) is 0 Å². The second-order valence-corrected chi connectivity index (χ2v) is 3.43. The van der Waals surface area contributed by atoms with Crippen molar-refractivity contribution in [3.8, 4) is 5.75 Å². The van der Waals surface area contributed by atoms with Gasteiger partial charge in [-0.1, -0.05) is 6.07 Å². The molecule has 0 radical (unpaired) electrons. The van der Waals surface area contributed by atoms with Gasteiger partial charge in [-0.05, 0) is 33.6 Å². The molecule has 14 heavy (non-hydrogen) atoms. The molecule has 80 valence electrons. The topological polar surface area (TPSA) is 46.2 Å². The van der Waals surface area contributed by atoms with E-state index in [4.69, 9.17) is 10.8 Å². The normalized spacial score (nSPS) is 12.4. The van der Waals surface area contributed by atoms with E-state index in [1.54, 1.807) is 0 Å². The largest absolute Gasteiger partial charge is 0.507 e. The summed E-state index contributed by atoms with van der Waals surface area (Å²) in [4.78, 5) is 0. The Balaban J connectivity index is 0.00000169. The molecule has 1 rings (SSSR count). The van der Waals surface area contributed by atoms with Crippen LogP contribution < -0.4 is 5.73 Å². The van der Waals surface area contributed by atoms with Crippen molar-refractivity contribution >= 4 is 28.3 Å². The van der Waals surface area contributed by atoms with Crippen molar-refractivity contribution in [1.29, 1.82) is 0 Å². The lowest BCUT2D eigenvalue weighted by Gasteiger charge is -2.11. The third-order valence-corrected chi connectivity index (χ3v) is 2.26. The van der Waals surface area contributed by atoms with Crippen LogP contribution in [0.15, 0.2) is 22.7 Å². The molecular weight excluding hydrogens is 279 g/mol. The maximum Gasteiger partial charge on any atom is 0.257 e. The molecule has 0 heterocycles. The Morgan fingerprint density at radius 2 is 1.93 bits per heavy atom. The minimum absolute atomic E-state index is 0. The lowest BCUT2D eigenvalue weighted by atomic mass is 10.1. The number of halogens is 4. The van der Waals surface area contributed by atoms with Crippen LogP contribution >= 0.6 is 28.3 Å². The SMILES string of the molecule is Cl.N[C@@H](c1ccc(O)c(Br)c1)C(F)F. The summed E-state index contributed by atoms with van der Waals surface area (Å²) in [6.07, 6.45) is -2.60. The summed E-state index contributed by atoms with van der Waals surface area (Å²) >= 11 is 3.01. The molecule has 1 atom stereocenters. The first-order valence-electron chi connectivity index (χ1n) is 3.54. The maximum absolute atomic E-state index is 12.1. The third kappa shape index (κ3) is 3.08. The lowest BCUT2D eigenvalue weighted by Crippen LogP contribution is -2.18. The van der Waals surface area contributed by atoms with Crippen LogP contribution in [0.25, 0.3) is 0 Å². The fraction of sp³-hybridized carbons (Fsp3) is 0.250. The first-order chi connectivity index (χ1) is 6.02. The van der Waals surface area contributed by atoms with Gasteiger partial charge < -0.3 is 10.8 Å². The molecule has 0 aliphatic rings. The highest BCUT2D eigenvalue weighted by Crippen LogP contribution is 2.28. The molecule has 0 aromatic heterocycles. The van der Waals surface area contributed by atoms with Gasteiger partial charge in [0.2, 0.25) is 0 Å². The van der Waals surface area contributed by atoms with Crippen LogP contribution in [-0.4, -0.2) is 11.5 Å². The average molecular weight is 289 g/mol. The van der Waals surface area contributed by atoms with Crippen LogP contribution in [0.2, 0.25) is 0 Å². The van der Waals surface area contributed by atoms with Gasteiger partial charge in [0.15, 0.2) is 0 Å². The predicted octanol–water partition coefficient (Wildman–Crippen LogP) is 2.84. The average Bonchev–Trinajstić information content (AvgIpc) is 2.08. The molecule has 0 aliphatic carbocycles.